The summed E-state index contributed by atoms with van der Waals surface area (Å²) >= 11 is 0. The highest BCUT2D eigenvalue weighted by Crippen LogP contribution is 2.24. The summed E-state index contributed by atoms with van der Waals surface area (Å²) in [5.41, 5.74) is 2.57. The molecular weight excluding hydrogens is 192 g/mol. The lowest BCUT2D eigenvalue weighted by atomic mass is 10.1. The molecule has 1 aromatic carbocycles. The monoisotopic (exact) mass is 206 g/mol. The Balaban J connectivity index is 2.94. The van der Waals surface area contributed by atoms with Crippen LogP contribution in [0.4, 0.5) is 11.4 Å². The van der Waals surface area contributed by atoms with Gasteiger partial charge in [-0.25, -0.2) is 0 Å². The number of hydrogen-bond acceptors (Lipinski definition) is 3. The standard InChI is InChI=1S/C11H14N2O2/c1-8(2)7-12-10-5-4-6-11(9(10)3)13(14)15/h4-6,12H,1,7H2,2-3H3. The van der Waals surface area contributed by atoms with Crippen molar-refractivity contribution in [1.82, 2.24) is 0 Å². The fraction of sp³-hybridized carbons (Fsp3) is 0.273. The Bertz CT molecular complexity index is 400. The van der Waals surface area contributed by atoms with Crippen LogP contribution in [0.3, 0.4) is 0 Å². The Morgan fingerprint density at radius 2 is 2.27 bits per heavy atom. The molecule has 4 heteroatoms. The first-order valence-electron chi connectivity index (χ1n) is 4.64. The molecule has 0 aliphatic heterocycles. The molecule has 0 aliphatic carbocycles. The van der Waals surface area contributed by atoms with E-state index < -0.39 is 0 Å². The van der Waals surface area contributed by atoms with Crippen molar-refractivity contribution in [2.75, 3.05) is 11.9 Å². The average molecular weight is 206 g/mol. The number of nitro groups is 1. The second kappa shape index (κ2) is 4.59. The van der Waals surface area contributed by atoms with E-state index >= 15 is 0 Å². The minimum atomic E-state index is -0.374. The highest BCUT2D eigenvalue weighted by Gasteiger charge is 2.12. The molecule has 0 atom stereocenters. The Morgan fingerprint density at radius 1 is 1.60 bits per heavy atom. The SMILES string of the molecule is C=C(C)CNc1cccc([N+](=O)[O-])c1C. The van der Waals surface area contributed by atoms with Crippen LogP contribution >= 0.6 is 0 Å². The van der Waals surface area contributed by atoms with E-state index in [0.29, 0.717) is 12.1 Å². The maximum absolute atomic E-state index is 10.7. The molecule has 0 saturated heterocycles. The summed E-state index contributed by atoms with van der Waals surface area (Å²) in [5.74, 6) is 0. The van der Waals surface area contributed by atoms with Crippen molar-refractivity contribution in [1.29, 1.82) is 0 Å². The molecule has 0 heterocycles. The van der Waals surface area contributed by atoms with E-state index in [2.05, 4.69) is 11.9 Å². The molecule has 0 fully saturated rings. The molecule has 1 aromatic rings. The van der Waals surface area contributed by atoms with Crippen LogP contribution in [0.1, 0.15) is 12.5 Å². The number of anilines is 1. The molecule has 0 unspecified atom stereocenters. The number of rotatable bonds is 4. The number of benzene rings is 1. The van der Waals surface area contributed by atoms with Crippen LogP contribution in [0.15, 0.2) is 30.4 Å². The average Bonchev–Trinajstić information content (AvgIpc) is 2.15. The van der Waals surface area contributed by atoms with Gasteiger partial charge in [-0.15, -0.1) is 0 Å². The van der Waals surface area contributed by atoms with E-state index in [1.165, 1.54) is 6.07 Å². The summed E-state index contributed by atoms with van der Waals surface area (Å²) in [6.45, 7) is 8.03. The van der Waals surface area contributed by atoms with Crippen molar-refractivity contribution in [3.63, 3.8) is 0 Å². The first-order valence-corrected chi connectivity index (χ1v) is 4.64. The lowest BCUT2D eigenvalue weighted by Gasteiger charge is -2.08. The van der Waals surface area contributed by atoms with Gasteiger partial charge in [-0.3, -0.25) is 10.1 Å². The largest absolute Gasteiger partial charge is 0.381 e. The number of nitrogens with zero attached hydrogens (tertiary/aromatic N) is 1. The van der Waals surface area contributed by atoms with Gasteiger partial charge in [-0.05, 0) is 19.9 Å². The first-order chi connectivity index (χ1) is 7.02. The zero-order chi connectivity index (χ0) is 11.4. The second-order valence-electron chi connectivity index (χ2n) is 3.52. The summed E-state index contributed by atoms with van der Waals surface area (Å²) < 4.78 is 0. The second-order valence-corrected chi connectivity index (χ2v) is 3.52. The number of nitro benzene ring substituents is 1. The van der Waals surface area contributed by atoms with E-state index in [1.54, 1.807) is 13.0 Å². The van der Waals surface area contributed by atoms with Gasteiger partial charge in [0, 0.05) is 23.9 Å². The van der Waals surface area contributed by atoms with Crippen molar-refractivity contribution in [2.24, 2.45) is 0 Å². The maximum atomic E-state index is 10.7. The zero-order valence-corrected chi connectivity index (χ0v) is 8.91. The smallest absolute Gasteiger partial charge is 0.274 e. The van der Waals surface area contributed by atoms with Crippen LogP contribution < -0.4 is 5.32 Å². The molecule has 0 spiro atoms. The van der Waals surface area contributed by atoms with Gasteiger partial charge in [-0.2, -0.15) is 0 Å². The van der Waals surface area contributed by atoms with Crippen LogP contribution in [0.5, 0.6) is 0 Å². The molecule has 0 aliphatic rings. The molecule has 80 valence electrons. The fourth-order valence-electron chi connectivity index (χ4n) is 1.26. The third kappa shape index (κ3) is 2.80. The van der Waals surface area contributed by atoms with E-state index in [1.807, 2.05) is 13.0 Å². The molecule has 4 nitrogen and oxygen atoms in total. The fourth-order valence-corrected chi connectivity index (χ4v) is 1.26. The summed E-state index contributed by atoms with van der Waals surface area (Å²) in [6.07, 6.45) is 0. The first kappa shape index (κ1) is 11.2. The predicted molar refractivity (Wildman–Crippen MR) is 61.1 cm³/mol. The normalized spacial score (nSPS) is 9.73. The van der Waals surface area contributed by atoms with Crippen molar-refractivity contribution in [2.45, 2.75) is 13.8 Å². The topological polar surface area (TPSA) is 55.2 Å². The van der Waals surface area contributed by atoms with E-state index in [0.717, 1.165) is 11.3 Å². The molecule has 15 heavy (non-hydrogen) atoms. The van der Waals surface area contributed by atoms with Crippen molar-refractivity contribution >= 4 is 11.4 Å². The summed E-state index contributed by atoms with van der Waals surface area (Å²) in [4.78, 5) is 10.3. The van der Waals surface area contributed by atoms with Crippen molar-refractivity contribution < 1.29 is 4.92 Å². The van der Waals surface area contributed by atoms with Crippen molar-refractivity contribution in [3.8, 4) is 0 Å². The van der Waals surface area contributed by atoms with Gasteiger partial charge < -0.3 is 5.32 Å². The molecule has 1 rings (SSSR count). The minimum absolute atomic E-state index is 0.140. The molecule has 0 saturated carbocycles. The van der Waals surface area contributed by atoms with Crippen molar-refractivity contribution in [3.05, 3.63) is 46.0 Å². The van der Waals surface area contributed by atoms with E-state index in [-0.39, 0.29) is 10.6 Å². The van der Waals surface area contributed by atoms with Crippen LogP contribution in [-0.4, -0.2) is 11.5 Å². The quantitative estimate of drug-likeness (QED) is 0.468. The molecule has 0 radical (unpaired) electrons. The molecule has 0 aromatic heterocycles. The van der Waals surface area contributed by atoms with Gasteiger partial charge >= 0.3 is 0 Å². The van der Waals surface area contributed by atoms with Crippen LogP contribution in [0.2, 0.25) is 0 Å². The molecule has 1 N–H and O–H groups in total. The molecular formula is C11H14N2O2. The summed E-state index contributed by atoms with van der Waals surface area (Å²) in [7, 11) is 0. The van der Waals surface area contributed by atoms with Gasteiger partial charge in [-0.1, -0.05) is 18.2 Å². The van der Waals surface area contributed by atoms with Gasteiger partial charge in [0.25, 0.3) is 5.69 Å². The predicted octanol–water partition coefficient (Wildman–Crippen LogP) is 2.89. The highest BCUT2D eigenvalue weighted by atomic mass is 16.6. The minimum Gasteiger partial charge on any atom is -0.381 e. The van der Waals surface area contributed by atoms with Crippen LogP contribution in [0.25, 0.3) is 0 Å². The summed E-state index contributed by atoms with van der Waals surface area (Å²) in [5, 5.41) is 13.8. The van der Waals surface area contributed by atoms with Gasteiger partial charge in [0.1, 0.15) is 0 Å². The lowest BCUT2D eigenvalue weighted by Crippen LogP contribution is -2.04. The van der Waals surface area contributed by atoms with Gasteiger partial charge in [0.05, 0.1) is 4.92 Å². The Labute approximate surface area is 88.8 Å². The van der Waals surface area contributed by atoms with E-state index in [4.69, 9.17) is 0 Å². The third-order valence-electron chi connectivity index (χ3n) is 2.08. The van der Waals surface area contributed by atoms with E-state index in [9.17, 15) is 10.1 Å². The van der Waals surface area contributed by atoms with Gasteiger partial charge in [0.2, 0.25) is 0 Å². The zero-order valence-electron chi connectivity index (χ0n) is 8.91. The summed E-state index contributed by atoms with van der Waals surface area (Å²) in [6, 6.07) is 5.00. The third-order valence-corrected chi connectivity index (χ3v) is 2.08. The number of hydrogen-bond donors (Lipinski definition) is 1. The van der Waals surface area contributed by atoms with Crippen LogP contribution in [0, 0.1) is 17.0 Å². The Hall–Kier alpha value is -1.84. The highest BCUT2D eigenvalue weighted by molar-refractivity contribution is 5.60. The Morgan fingerprint density at radius 3 is 2.80 bits per heavy atom. The number of nitrogens with one attached hydrogen (secondary N) is 1. The molecule has 0 amide bonds. The van der Waals surface area contributed by atoms with Crippen LogP contribution in [-0.2, 0) is 0 Å². The Kier molecular flexibility index (Phi) is 3.44. The van der Waals surface area contributed by atoms with Gasteiger partial charge in [0.15, 0.2) is 0 Å². The maximum Gasteiger partial charge on any atom is 0.274 e. The lowest BCUT2D eigenvalue weighted by molar-refractivity contribution is -0.385. The molecule has 0 bridgehead atoms.